The van der Waals surface area contributed by atoms with E-state index in [1.165, 1.54) is 83.8 Å². The highest BCUT2D eigenvalue weighted by atomic mass is 19.3. The average molecular weight is 1100 g/mol. The Morgan fingerprint density at radius 2 is 0.701 bits per heavy atom. The SMILES string of the molecule is CC(C)(C)N1C2CCC1CC2.CC(C)(C)N1CCC(F)(F)CC1.C[C@H]1CC(F)(F)CN1C(C)(C)C.C[C@H]1CC(F)CCN1C(C)(C)C.C[C@H]1CCCCN1C(C)(C)C.C[C@H]1CCCN1C(C)(C)C.C[C@H]1CCN1C(C)(C)C. The molecule has 8 heterocycles. The Labute approximate surface area is 475 Å². The molecule has 8 aliphatic heterocycles. The van der Waals surface area contributed by atoms with Gasteiger partial charge in [-0.1, -0.05) is 6.42 Å². The van der Waals surface area contributed by atoms with Gasteiger partial charge >= 0.3 is 0 Å². The van der Waals surface area contributed by atoms with Gasteiger partial charge in [-0.2, -0.15) is 0 Å². The molecule has 460 valence electrons. The Hall–Kier alpha value is -0.630. The third kappa shape index (κ3) is 24.6. The zero-order valence-corrected chi connectivity index (χ0v) is 55.7. The zero-order valence-electron chi connectivity index (χ0n) is 55.7. The summed E-state index contributed by atoms with van der Waals surface area (Å²) in [4.78, 5) is 16.9. The molecule has 1 unspecified atom stereocenters. The number of hydrogen-bond donors (Lipinski definition) is 0. The van der Waals surface area contributed by atoms with Crippen LogP contribution in [0.4, 0.5) is 22.0 Å². The molecule has 12 heteroatoms. The third-order valence-corrected chi connectivity index (χ3v) is 18.0. The molecule has 0 N–H and O–H groups in total. The van der Waals surface area contributed by atoms with Crippen molar-refractivity contribution in [3.63, 3.8) is 0 Å². The highest BCUT2D eigenvalue weighted by molar-refractivity contribution is 5.00. The van der Waals surface area contributed by atoms with E-state index in [1.807, 2.05) is 32.6 Å². The van der Waals surface area contributed by atoms with E-state index in [-0.39, 0.29) is 48.5 Å². The minimum atomic E-state index is -2.48. The van der Waals surface area contributed by atoms with E-state index < -0.39 is 18.0 Å². The van der Waals surface area contributed by atoms with Gasteiger partial charge in [0, 0.05) is 127 Å². The third-order valence-electron chi connectivity index (χ3n) is 18.0. The van der Waals surface area contributed by atoms with Gasteiger partial charge in [0.15, 0.2) is 0 Å². The summed E-state index contributed by atoms with van der Waals surface area (Å²) in [5.74, 6) is -4.89. The van der Waals surface area contributed by atoms with Crippen LogP contribution in [-0.2, 0) is 0 Å². The fourth-order valence-corrected chi connectivity index (χ4v) is 14.1. The summed E-state index contributed by atoms with van der Waals surface area (Å²) in [6.45, 7) is 63.2. The molecule has 8 fully saturated rings. The summed E-state index contributed by atoms with van der Waals surface area (Å²) >= 11 is 0. The van der Waals surface area contributed by atoms with Crippen LogP contribution < -0.4 is 0 Å². The van der Waals surface area contributed by atoms with Gasteiger partial charge in [0.05, 0.1) is 6.54 Å². The maximum absolute atomic E-state index is 13.0. The molecule has 0 spiro atoms. The standard InChI is InChI=1S/C10H20FN.C10H19N.C10H21N.2C9H17F2N.C9H19N.C8H17N/c1-8-7-9(11)5-6-12(8)10(2,3)4;1-10(2,3)11-8-4-5-9(11)7-6-8;1-9-7-5-6-8-11(9)10(2,3)4;1-7-5-9(10,11)6-12(7)8(2,3)4;1-8(2,3)12-6-4-9(10,11)5-7-12;1-8-6-5-7-10(8)9(2,3)4;1-7-5-6-9(7)8(2,3)4/h8-9H,5-7H2,1-4H3;8-9H,4-7H2,1-3H3;9H,5-8H2,1-4H3;7H,5-6H2,1-4H3;4-7H2,1-3H3;8H,5-7H2,1-4H3;7H,5-6H2,1-4H3/t8-,9?;;9-;7-;;8-;7-/m0.00.00/s1. The number of hydrogen-bond acceptors (Lipinski definition) is 7. The van der Waals surface area contributed by atoms with Crippen LogP contribution >= 0.6 is 0 Å². The molecule has 0 aromatic heterocycles. The molecule has 0 aliphatic carbocycles. The van der Waals surface area contributed by atoms with E-state index in [2.05, 4.69) is 182 Å². The Bertz CT molecular complexity index is 1630. The summed E-state index contributed by atoms with van der Waals surface area (Å²) in [6.07, 6.45) is 15.1. The van der Waals surface area contributed by atoms with Gasteiger partial charge in [-0.15, -0.1) is 0 Å². The first-order chi connectivity index (χ1) is 34.6. The lowest BCUT2D eigenvalue weighted by molar-refractivity contribution is -0.0713. The monoisotopic (exact) mass is 1100 g/mol. The van der Waals surface area contributed by atoms with E-state index in [0.717, 1.165) is 36.8 Å². The van der Waals surface area contributed by atoms with Gasteiger partial charge in [0.2, 0.25) is 0 Å². The lowest BCUT2D eigenvalue weighted by Crippen LogP contribution is -2.55. The highest BCUT2D eigenvalue weighted by Gasteiger charge is 2.47. The van der Waals surface area contributed by atoms with Crippen molar-refractivity contribution < 1.29 is 22.0 Å². The van der Waals surface area contributed by atoms with Crippen molar-refractivity contribution in [2.24, 2.45) is 0 Å². The van der Waals surface area contributed by atoms with Crippen molar-refractivity contribution in [2.45, 2.75) is 375 Å². The minimum absolute atomic E-state index is 0.000000000000000444. The second-order valence-corrected chi connectivity index (χ2v) is 32.2. The highest BCUT2D eigenvalue weighted by Crippen LogP contribution is 2.42. The normalized spacial score (nSPS) is 31.1. The van der Waals surface area contributed by atoms with Crippen molar-refractivity contribution >= 4 is 0 Å². The van der Waals surface area contributed by atoms with Crippen LogP contribution in [0.2, 0.25) is 0 Å². The maximum Gasteiger partial charge on any atom is 0.262 e. The Kier molecular flexibility index (Phi) is 27.1. The summed E-state index contributed by atoms with van der Waals surface area (Å²) in [5, 5.41) is 0. The molecule has 2 bridgehead atoms. The van der Waals surface area contributed by atoms with Crippen molar-refractivity contribution in [3.05, 3.63) is 0 Å². The van der Waals surface area contributed by atoms with Gasteiger partial charge in [-0.3, -0.25) is 34.3 Å². The lowest BCUT2D eigenvalue weighted by Gasteiger charge is -2.48. The van der Waals surface area contributed by atoms with Crippen LogP contribution in [0.15, 0.2) is 0 Å². The average Bonchev–Trinajstić information content (AvgIpc) is 4.03. The first-order valence-corrected chi connectivity index (χ1v) is 31.4. The van der Waals surface area contributed by atoms with Crippen LogP contribution in [0.5, 0.6) is 0 Å². The molecule has 6 atom stereocenters. The van der Waals surface area contributed by atoms with E-state index in [1.54, 1.807) is 0 Å². The molecule has 0 radical (unpaired) electrons. The number of likely N-dealkylation sites (tertiary alicyclic amines) is 6. The van der Waals surface area contributed by atoms with E-state index >= 15 is 0 Å². The molecular formula is C65H130F5N7. The van der Waals surface area contributed by atoms with Crippen LogP contribution in [0.3, 0.4) is 0 Å². The van der Waals surface area contributed by atoms with Crippen molar-refractivity contribution in [1.29, 1.82) is 0 Å². The molecule has 77 heavy (non-hydrogen) atoms. The smallest absolute Gasteiger partial charge is 0.262 e. The molecular weight excluding hydrogens is 974 g/mol. The molecule has 0 amide bonds. The van der Waals surface area contributed by atoms with Crippen molar-refractivity contribution in [3.8, 4) is 0 Å². The summed E-state index contributed by atoms with van der Waals surface area (Å²) in [6, 6.07) is 4.68. The predicted molar refractivity (Wildman–Crippen MR) is 324 cm³/mol. The summed E-state index contributed by atoms with van der Waals surface area (Å²) in [7, 11) is 0. The molecule has 8 rings (SSSR count). The summed E-state index contributed by atoms with van der Waals surface area (Å²) < 4.78 is 64.3. The number of rotatable bonds is 0. The Morgan fingerprint density at radius 3 is 0.948 bits per heavy atom. The van der Waals surface area contributed by atoms with Gasteiger partial charge in [0.1, 0.15) is 6.17 Å². The number of fused-ring (bicyclic) bond motifs is 2. The number of nitrogens with zero attached hydrogens (tertiary/aromatic N) is 7. The fourth-order valence-electron chi connectivity index (χ4n) is 14.1. The Balaban J connectivity index is 0.000000308. The van der Waals surface area contributed by atoms with Crippen LogP contribution in [0.1, 0.15) is 276 Å². The number of halogens is 5. The lowest BCUT2D eigenvalue weighted by atomic mass is 9.95. The molecule has 0 aromatic carbocycles. The van der Waals surface area contributed by atoms with Gasteiger partial charge in [-0.05, 0) is 264 Å². The maximum atomic E-state index is 13.0. The van der Waals surface area contributed by atoms with Crippen molar-refractivity contribution in [1.82, 2.24) is 34.3 Å². The topological polar surface area (TPSA) is 22.7 Å². The molecule has 7 nitrogen and oxygen atoms in total. The number of alkyl halides is 5. The van der Waals surface area contributed by atoms with Crippen LogP contribution in [-0.4, -0.2) is 179 Å². The molecule has 0 saturated carbocycles. The van der Waals surface area contributed by atoms with Gasteiger partial charge in [-0.25, -0.2) is 22.0 Å². The van der Waals surface area contributed by atoms with E-state index in [4.69, 9.17) is 0 Å². The van der Waals surface area contributed by atoms with E-state index in [0.29, 0.717) is 54.1 Å². The number of piperidine rings is 3. The molecule has 0 aromatic rings. The van der Waals surface area contributed by atoms with Crippen LogP contribution in [0.25, 0.3) is 0 Å². The molecule has 8 saturated heterocycles. The first kappa shape index (κ1) is 72.5. The van der Waals surface area contributed by atoms with Crippen molar-refractivity contribution in [2.75, 3.05) is 45.8 Å². The van der Waals surface area contributed by atoms with Crippen LogP contribution in [0, 0.1) is 0 Å². The van der Waals surface area contributed by atoms with E-state index in [9.17, 15) is 22.0 Å². The second-order valence-electron chi connectivity index (χ2n) is 32.2. The van der Waals surface area contributed by atoms with Gasteiger partial charge in [0.25, 0.3) is 11.8 Å². The second kappa shape index (κ2) is 28.8. The first-order valence-electron chi connectivity index (χ1n) is 31.4. The minimum Gasteiger partial charge on any atom is -0.298 e. The van der Waals surface area contributed by atoms with Gasteiger partial charge < -0.3 is 0 Å². The summed E-state index contributed by atoms with van der Waals surface area (Å²) in [5.41, 5.74) is 1.67. The Morgan fingerprint density at radius 1 is 0.338 bits per heavy atom. The quantitative estimate of drug-likeness (QED) is 0.223. The largest absolute Gasteiger partial charge is 0.298 e. The zero-order chi connectivity index (χ0) is 59.7. The fraction of sp³-hybridized carbons (Fsp3) is 1.00. The molecule has 8 aliphatic rings. The predicted octanol–water partition coefficient (Wildman–Crippen LogP) is 16.9.